The van der Waals surface area contributed by atoms with Crippen LogP contribution in [0.15, 0.2) is 43.7 Å². The predicted molar refractivity (Wildman–Crippen MR) is 96.2 cm³/mol. The third-order valence-electron chi connectivity index (χ3n) is 3.05. The molecule has 0 spiro atoms. The van der Waals surface area contributed by atoms with Gasteiger partial charge < -0.3 is 0 Å². The maximum absolute atomic E-state index is 3.81. The number of hydrogen-bond donors (Lipinski definition) is 0. The van der Waals surface area contributed by atoms with Gasteiger partial charge in [-0.15, -0.1) is 0 Å². The molecule has 0 aliphatic rings. The molecule has 2 aromatic carbocycles. The molecule has 0 saturated heterocycles. The average molecular weight is 512 g/mol. The summed E-state index contributed by atoms with van der Waals surface area (Å²) in [7, 11) is 0. The number of hydrogen-bond acceptors (Lipinski definition) is 0. The molecule has 0 radical (unpaired) electrons. The summed E-state index contributed by atoms with van der Waals surface area (Å²) in [6.45, 7) is 4.19. The Hall–Kier alpha value is 0.360. The van der Waals surface area contributed by atoms with E-state index in [0.29, 0.717) is 0 Å². The highest BCUT2D eigenvalue weighted by Crippen LogP contribution is 2.41. The third-order valence-corrected chi connectivity index (χ3v) is 6.66. The largest absolute Gasteiger partial charge is 0.0786 e. The van der Waals surface area contributed by atoms with Crippen molar-refractivity contribution >= 4 is 63.7 Å². The summed E-state index contributed by atoms with van der Waals surface area (Å²) in [6, 6.07) is 10.6. The van der Waals surface area contributed by atoms with E-state index in [2.05, 4.69) is 108 Å². The van der Waals surface area contributed by atoms with Crippen molar-refractivity contribution < 1.29 is 0 Å². The molecular formula is C15H12Br4. The van der Waals surface area contributed by atoms with Crippen molar-refractivity contribution in [2.75, 3.05) is 0 Å². The molecule has 1 unspecified atom stereocenters. The molecule has 19 heavy (non-hydrogen) atoms. The van der Waals surface area contributed by atoms with Crippen LogP contribution < -0.4 is 0 Å². The summed E-state index contributed by atoms with van der Waals surface area (Å²) < 4.78 is 3.39. The summed E-state index contributed by atoms with van der Waals surface area (Å²) in [5.74, 6) is 0. The molecule has 0 heterocycles. The highest BCUT2D eigenvalue weighted by Gasteiger charge is 2.18. The summed E-state index contributed by atoms with van der Waals surface area (Å²) in [5, 5.41) is 0. The van der Waals surface area contributed by atoms with Gasteiger partial charge in [-0.3, -0.25) is 0 Å². The van der Waals surface area contributed by atoms with Gasteiger partial charge in [-0.25, -0.2) is 0 Å². The second-order valence-electron chi connectivity index (χ2n) is 4.46. The lowest BCUT2D eigenvalue weighted by molar-refractivity contribution is 1.13. The van der Waals surface area contributed by atoms with Gasteiger partial charge in [0.1, 0.15) is 0 Å². The molecule has 0 aliphatic carbocycles. The van der Waals surface area contributed by atoms with Crippen molar-refractivity contribution in [1.29, 1.82) is 0 Å². The van der Waals surface area contributed by atoms with Crippen LogP contribution in [0.5, 0.6) is 0 Å². The summed E-state index contributed by atoms with van der Waals surface area (Å²) >= 11 is 14.7. The van der Waals surface area contributed by atoms with Crippen molar-refractivity contribution in [3.63, 3.8) is 0 Å². The molecule has 0 bridgehead atoms. The minimum absolute atomic E-state index is 0.146. The van der Waals surface area contributed by atoms with Crippen LogP contribution >= 0.6 is 63.7 Å². The van der Waals surface area contributed by atoms with Gasteiger partial charge in [0.25, 0.3) is 0 Å². The van der Waals surface area contributed by atoms with Gasteiger partial charge in [0.15, 0.2) is 0 Å². The second kappa shape index (κ2) is 6.42. The molecule has 2 aromatic rings. The van der Waals surface area contributed by atoms with Gasteiger partial charge in [0.05, 0.1) is 4.83 Å². The van der Waals surface area contributed by atoms with E-state index in [1.165, 1.54) is 22.3 Å². The van der Waals surface area contributed by atoms with Gasteiger partial charge >= 0.3 is 0 Å². The maximum Gasteiger partial charge on any atom is 0.0667 e. The fourth-order valence-electron chi connectivity index (χ4n) is 1.89. The Balaban J connectivity index is 2.53. The third kappa shape index (κ3) is 3.34. The minimum atomic E-state index is 0.146. The molecule has 0 aromatic heterocycles. The quantitative estimate of drug-likeness (QED) is 0.378. The smallest absolute Gasteiger partial charge is 0.0667 e. The molecule has 0 amide bonds. The maximum atomic E-state index is 3.81. The zero-order valence-corrected chi connectivity index (χ0v) is 16.8. The molecule has 0 aliphatic heterocycles. The molecule has 0 fully saturated rings. The molecule has 2 rings (SSSR count). The second-order valence-corrected chi connectivity index (χ2v) is 7.88. The van der Waals surface area contributed by atoms with E-state index >= 15 is 0 Å². The summed E-state index contributed by atoms with van der Waals surface area (Å²) in [5.41, 5.74) is 4.91. The van der Waals surface area contributed by atoms with E-state index < -0.39 is 0 Å². The zero-order chi connectivity index (χ0) is 14.2. The SMILES string of the molecule is Cc1cc(Br)c(C(Br)c2cccc(C)c2Br)cc1Br. The Bertz CT molecular complexity index is 620. The van der Waals surface area contributed by atoms with E-state index in [-0.39, 0.29) is 4.83 Å². The van der Waals surface area contributed by atoms with Gasteiger partial charge in [0, 0.05) is 13.4 Å². The monoisotopic (exact) mass is 508 g/mol. The minimum Gasteiger partial charge on any atom is -0.0786 e. The normalized spacial score (nSPS) is 12.5. The van der Waals surface area contributed by atoms with Crippen LogP contribution in [-0.4, -0.2) is 0 Å². The lowest BCUT2D eigenvalue weighted by Gasteiger charge is -2.17. The molecule has 0 saturated carbocycles. The van der Waals surface area contributed by atoms with E-state index in [4.69, 9.17) is 0 Å². The van der Waals surface area contributed by atoms with Crippen LogP contribution in [0.3, 0.4) is 0 Å². The van der Waals surface area contributed by atoms with Gasteiger partial charge in [-0.05, 0) is 48.2 Å². The first-order valence-corrected chi connectivity index (χ1v) is 9.06. The first-order chi connectivity index (χ1) is 8.91. The Labute approximate surface area is 147 Å². The van der Waals surface area contributed by atoms with E-state index in [0.717, 1.165) is 13.4 Å². The number of benzene rings is 2. The molecule has 1 atom stereocenters. The molecule has 4 heteroatoms. The fourth-order valence-corrected chi connectivity index (χ4v) is 4.81. The van der Waals surface area contributed by atoms with Crippen molar-refractivity contribution in [3.8, 4) is 0 Å². The lowest BCUT2D eigenvalue weighted by Crippen LogP contribution is -1.97. The zero-order valence-electron chi connectivity index (χ0n) is 10.5. The van der Waals surface area contributed by atoms with Gasteiger partial charge in [0.2, 0.25) is 0 Å². The molecule has 0 nitrogen and oxygen atoms in total. The van der Waals surface area contributed by atoms with E-state index in [9.17, 15) is 0 Å². The highest BCUT2D eigenvalue weighted by molar-refractivity contribution is 9.11. The number of alkyl halides is 1. The number of aryl methyl sites for hydroxylation is 2. The predicted octanol–water partition coefficient (Wildman–Crippen LogP) is 7.08. The van der Waals surface area contributed by atoms with Crippen molar-refractivity contribution in [3.05, 3.63) is 66.0 Å². The fraction of sp³-hybridized carbons (Fsp3) is 0.200. The van der Waals surface area contributed by atoms with Crippen molar-refractivity contribution in [2.45, 2.75) is 18.7 Å². The van der Waals surface area contributed by atoms with Crippen LogP contribution in [0, 0.1) is 13.8 Å². The van der Waals surface area contributed by atoms with Crippen LogP contribution in [0.2, 0.25) is 0 Å². The van der Waals surface area contributed by atoms with Gasteiger partial charge in [-0.1, -0.05) is 81.9 Å². The Morgan fingerprint density at radius 3 is 2.21 bits per heavy atom. The first kappa shape index (κ1) is 15.7. The average Bonchev–Trinajstić information content (AvgIpc) is 2.36. The highest BCUT2D eigenvalue weighted by atomic mass is 79.9. The van der Waals surface area contributed by atoms with Crippen LogP contribution in [0.4, 0.5) is 0 Å². The molecule has 0 N–H and O–H groups in total. The van der Waals surface area contributed by atoms with Crippen LogP contribution in [-0.2, 0) is 0 Å². The Morgan fingerprint density at radius 2 is 1.53 bits per heavy atom. The lowest BCUT2D eigenvalue weighted by atomic mass is 10.0. The molecule has 100 valence electrons. The van der Waals surface area contributed by atoms with E-state index in [1.54, 1.807) is 0 Å². The summed E-state index contributed by atoms with van der Waals surface area (Å²) in [4.78, 5) is 0.146. The van der Waals surface area contributed by atoms with Crippen molar-refractivity contribution in [1.82, 2.24) is 0 Å². The van der Waals surface area contributed by atoms with Gasteiger partial charge in [-0.2, -0.15) is 0 Å². The molecular weight excluding hydrogens is 500 g/mol. The standard InChI is InChI=1S/C15H12Br4/c1-8-4-3-5-10(14(8)18)15(19)11-7-12(16)9(2)6-13(11)17/h3-7,15H,1-2H3. The topological polar surface area (TPSA) is 0 Å². The number of rotatable bonds is 2. The van der Waals surface area contributed by atoms with Crippen LogP contribution in [0.1, 0.15) is 27.1 Å². The van der Waals surface area contributed by atoms with E-state index in [1.807, 2.05) is 0 Å². The van der Waals surface area contributed by atoms with Crippen molar-refractivity contribution in [2.24, 2.45) is 0 Å². The first-order valence-electron chi connectivity index (χ1n) is 5.76. The summed E-state index contributed by atoms with van der Waals surface area (Å²) in [6.07, 6.45) is 0. The number of halogens is 4. The Kier molecular flexibility index (Phi) is 5.32. The Morgan fingerprint density at radius 1 is 0.842 bits per heavy atom. The van der Waals surface area contributed by atoms with Crippen LogP contribution in [0.25, 0.3) is 0 Å².